The van der Waals surface area contributed by atoms with Gasteiger partial charge in [-0.1, -0.05) is 45.2 Å². The first kappa shape index (κ1) is 24.8. The molecular weight excluding hydrogens is 538 g/mol. The second-order valence-electron chi connectivity index (χ2n) is 10.5. The molecule has 5 rings (SSSR count). The molecule has 0 aromatic heterocycles. The second-order valence-corrected chi connectivity index (χ2v) is 12.3. The van der Waals surface area contributed by atoms with Crippen molar-refractivity contribution in [2.45, 2.75) is 82.7 Å². The molecule has 2 aromatic rings. The van der Waals surface area contributed by atoms with Crippen LogP contribution < -0.4 is 14.9 Å². The number of hydrogen-bond donors (Lipinski definition) is 0. The Bertz CT molecular complexity index is 1060. The van der Waals surface area contributed by atoms with E-state index in [0.717, 1.165) is 47.8 Å². The molecule has 1 unspecified atom stereocenters. The number of hydrogen-bond acceptors (Lipinski definition) is 4. The molecule has 1 aliphatic heterocycles. The van der Waals surface area contributed by atoms with E-state index in [4.69, 9.17) is 42.0 Å². The lowest BCUT2D eigenvalue weighted by atomic mass is 9.71. The van der Waals surface area contributed by atoms with E-state index in [2.05, 4.69) is 36.7 Å². The number of rotatable bonds is 7. The van der Waals surface area contributed by atoms with Gasteiger partial charge < -0.3 is 18.8 Å². The zero-order valence-electron chi connectivity index (χ0n) is 19.8. The topological polar surface area (TPSA) is 36.9 Å². The molecule has 3 fully saturated rings. The Morgan fingerprint density at radius 3 is 2.26 bits per heavy atom. The average molecular weight is 568 g/mol. The SMILES string of the molecule is CC1(C)OB(c2ccc(Cl)c(OC3CCC3)c2)OC1(C)CC1CC(Oc2cc(Br)ccc2Cl)C1. The third kappa shape index (κ3) is 4.99. The highest BCUT2D eigenvalue weighted by Gasteiger charge is 2.56. The van der Waals surface area contributed by atoms with Gasteiger partial charge in [-0.25, -0.2) is 0 Å². The van der Waals surface area contributed by atoms with Crippen LogP contribution in [0, 0.1) is 5.92 Å². The van der Waals surface area contributed by atoms with Crippen LogP contribution in [-0.2, 0) is 9.31 Å². The molecular formula is C26H30BBrCl2O4. The molecule has 0 N–H and O–H groups in total. The molecule has 0 amide bonds. The molecule has 8 heteroatoms. The molecule has 0 bridgehead atoms. The number of ether oxygens (including phenoxy) is 2. The van der Waals surface area contributed by atoms with Crippen LogP contribution in [0.2, 0.25) is 10.0 Å². The Morgan fingerprint density at radius 1 is 0.941 bits per heavy atom. The second kappa shape index (κ2) is 9.51. The van der Waals surface area contributed by atoms with E-state index < -0.39 is 18.3 Å². The number of halogens is 3. The zero-order chi connectivity index (χ0) is 24.1. The first-order chi connectivity index (χ1) is 16.1. The lowest BCUT2D eigenvalue weighted by Crippen LogP contribution is -2.49. The van der Waals surface area contributed by atoms with Crippen molar-refractivity contribution in [3.63, 3.8) is 0 Å². The van der Waals surface area contributed by atoms with Crippen molar-refractivity contribution >= 4 is 51.7 Å². The van der Waals surface area contributed by atoms with E-state index in [1.807, 2.05) is 36.4 Å². The minimum atomic E-state index is -0.450. The van der Waals surface area contributed by atoms with Gasteiger partial charge in [0, 0.05) is 4.47 Å². The van der Waals surface area contributed by atoms with Crippen molar-refractivity contribution in [3.8, 4) is 11.5 Å². The van der Waals surface area contributed by atoms with Gasteiger partial charge in [0.1, 0.15) is 11.5 Å². The standard InChI is InChI=1S/C26H30BBrCl2O4/c1-25(2)26(3,15-16-11-20(12-16)32-24-14-18(28)8-10-22(24)30)34-27(33-25)17-7-9-21(29)23(13-17)31-19-5-4-6-19/h7-10,13-14,16,19-20H,4-6,11-12,15H2,1-3H3. The fourth-order valence-electron chi connectivity index (χ4n) is 4.88. The summed E-state index contributed by atoms with van der Waals surface area (Å²) in [6, 6.07) is 11.5. The Kier molecular flexibility index (Phi) is 6.93. The van der Waals surface area contributed by atoms with Crippen molar-refractivity contribution in [1.29, 1.82) is 0 Å². The van der Waals surface area contributed by atoms with Crippen molar-refractivity contribution < 1.29 is 18.8 Å². The van der Waals surface area contributed by atoms with Crippen LogP contribution in [0.1, 0.15) is 59.3 Å². The Hall–Kier alpha value is -0.915. The maximum atomic E-state index is 6.60. The predicted molar refractivity (Wildman–Crippen MR) is 141 cm³/mol. The van der Waals surface area contributed by atoms with Gasteiger partial charge in [-0.15, -0.1) is 0 Å². The van der Waals surface area contributed by atoms with E-state index in [1.54, 1.807) is 0 Å². The summed E-state index contributed by atoms with van der Waals surface area (Å²) in [6.07, 6.45) is 6.67. The quantitative estimate of drug-likeness (QED) is 0.331. The third-order valence-electron chi connectivity index (χ3n) is 7.67. The first-order valence-electron chi connectivity index (χ1n) is 12.1. The van der Waals surface area contributed by atoms with Crippen molar-refractivity contribution in [1.82, 2.24) is 0 Å². The lowest BCUT2D eigenvalue weighted by Gasteiger charge is -2.44. The van der Waals surface area contributed by atoms with Crippen molar-refractivity contribution in [2.75, 3.05) is 0 Å². The van der Waals surface area contributed by atoms with Crippen LogP contribution in [0.5, 0.6) is 11.5 Å². The highest BCUT2D eigenvalue weighted by molar-refractivity contribution is 9.10. The van der Waals surface area contributed by atoms with Crippen LogP contribution in [0.15, 0.2) is 40.9 Å². The van der Waals surface area contributed by atoms with E-state index in [0.29, 0.717) is 21.7 Å². The monoisotopic (exact) mass is 566 g/mol. The molecule has 182 valence electrons. The summed E-state index contributed by atoms with van der Waals surface area (Å²) in [5, 5.41) is 1.26. The van der Waals surface area contributed by atoms with Crippen LogP contribution in [0.3, 0.4) is 0 Å². The van der Waals surface area contributed by atoms with E-state index >= 15 is 0 Å². The zero-order valence-corrected chi connectivity index (χ0v) is 22.9. The summed E-state index contributed by atoms with van der Waals surface area (Å²) in [4.78, 5) is 0. The summed E-state index contributed by atoms with van der Waals surface area (Å²) >= 11 is 16.2. The highest BCUT2D eigenvalue weighted by atomic mass is 79.9. The molecule has 0 radical (unpaired) electrons. The largest absolute Gasteiger partial charge is 0.494 e. The molecule has 2 saturated carbocycles. The third-order valence-corrected chi connectivity index (χ3v) is 8.79. The summed E-state index contributed by atoms with van der Waals surface area (Å²) in [7, 11) is -0.450. The smallest absolute Gasteiger partial charge is 0.489 e. The van der Waals surface area contributed by atoms with Gasteiger partial charge in [0.25, 0.3) is 0 Å². The molecule has 1 saturated heterocycles. The maximum Gasteiger partial charge on any atom is 0.494 e. The Balaban J connectivity index is 1.21. The van der Waals surface area contributed by atoms with Gasteiger partial charge >= 0.3 is 7.12 Å². The predicted octanol–water partition coefficient (Wildman–Crippen LogP) is 7.21. The number of benzene rings is 2. The molecule has 4 nitrogen and oxygen atoms in total. The van der Waals surface area contributed by atoms with E-state index in [1.165, 1.54) is 6.42 Å². The summed E-state index contributed by atoms with van der Waals surface area (Å²) in [5.41, 5.74) is 0.0796. The molecule has 1 atom stereocenters. The minimum Gasteiger partial charge on any atom is -0.489 e. The maximum absolute atomic E-state index is 6.60. The molecule has 3 aliphatic rings. The molecule has 2 aliphatic carbocycles. The van der Waals surface area contributed by atoms with Crippen LogP contribution in [0.25, 0.3) is 0 Å². The fraction of sp³-hybridized carbons (Fsp3) is 0.538. The van der Waals surface area contributed by atoms with Crippen LogP contribution in [0.4, 0.5) is 0 Å². The van der Waals surface area contributed by atoms with Gasteiger partial charge in [0.15, 0.2) is 0 Å². The molecule has 2 aromatic carbocycles. The normalized spacial score (nSPS) is 28.4. The van der Waals surface area contributed by atoms with Crippen LogP contribution >= 0.6 is 39.1 Å². The van der Waals surface area contributed by atoms with Crippen molar-refractivity contribution in [3.05, 3.63) is 50.9 Å². The first-order valence-corrected chi connectivity index (χ1v) is 13.6. The van der Waals surface area contributed by atoms with Gasteiger partial charge in [0.05, 0.1) is 33.5 Å². The van der Waals surface area contributed by atoms with Gasteiger partial charge in [-0.2, -0.15) is 0 Å². The Labute approximate surface area is 220 Å². The molecule has 1 heterocycles. The summed E-state index contributed by atoms with van der Waals surface area (Å²) in [6.45, 7) is 6.39. The highest BCUT2D eigenvalue weighted by Crippen LogP contribution is 2.47. The van der Waals surface area contributed by atoms with Gasteiger partial charge in [-0.3, -0.25) is 0 Å². The van der Waals surface area contributed by atoms with Crippen LogP contribution in [-0.4, -0.2) is 30.5 Å². The lowest BCUT2D eigenvalue weighted by molar-refractivity contribution is -0.0519. The van der Waals surface area contributed by atoms with Gasteiger partial charge in [0.2, 0.25) is 0 Å². The molecule has 0 spiro atoms. The Morgan fingerprint density at radius 2 is 1.59 bits per heavy atom. The van der Waals surface area contributed by atoms with Crippen molar-refractivity contribution in [2.24, 2.45) is 5.92 Å². The minimum absolute atomic E-state index is 0.170. The fourth-order valence-corrected chi connectivity index (χ4v) is 5.55. The summed E-state index contributed by atoms with van der Waals surface area (Å²) < 4.78 is 26.2. The molecule has 34 heavy (non-hydrogen) atoms. The summed E-state index contributed by atoms with van der Waals surface area (Å²) in [5.74, 6) is 1.95. The van der Waals surface area contributed by atoms with E-state index in [9.17, 15) is 0 Å². The van der Waals surface area contributed by atoms with Gasteiger partial charge in [-0.05, 0) is 101 Å². The average Bonchev–Trinajstić information content (AvgIpc) is 2.95. The van der Waals surface area contributed by atoms with E-state index in [-0.39, 0.29) is 12.2 Å².